The Balaban J connectivity index is 2.11. The second kappa shape index (κ2) is 5.02. The van der Waals surface area contributed by atoms with Crippen molar-refractivity contribution in [3.8, 4) is 0 Å². The highest BCUT2D eigenvalue weighted by Gasteiger charge is 2.14. The van der Waals surface area contributed by atoms with Crippen molar-refractivity contribution in [3.05, 3.63) is 37.0 Å². The van der Waals surface area contributed by atoms with Crippen molar-refractivity contribution >= 4 is 44.4 Å². The molecule has 0 unspecified atom stereocenters. The molecule has 0 atom stereocenters. The first kappa shape index (κ1) is 13.3. The molecule has 0 fully saturated rings. The summed E-state index contributed by atoms with van der Waals surface area (Å²) in [5.41, 5.74) is 6.06. The zero-order valence-corrected chi connectivity index (χ0v) is 13.1. The van der Waals surface area contributed by atoms with Gasteiger partial charge in [0.25, 0.3) is 5.56 Å². The van der Waals surface area contributed by atoms with E-state index in [2.05, 4.69) is 49.9 Å². The lowest BCUT2D eigenvalue weighted by atomic mass is 10.3. The van der Waals surface area contributed by atoms with Gasteiger partial charge in [0.15, 0.2) is 15.9 Å². The number of nitrogens with zero attached hydrogens (tertiary/aromatic N) is 3. The standard InChI is InChI=1S/C12H12BrN5OS/c1-2-6-3-4-7(20-6)5-18-9-8(15-11(18)13)10(19)17-12(14)16-9/h3-4H,2,5H2,1H3,(H3,14,16,17,19). The van der Waals surface area contributed by atoms with Gasteiger partial charge < -0.3 is 5.73 Å². The van der Waals surface area contributed by atoms with Gasteiger partial charge in [-0.05, 0) is 34.5 Å². The molecule has 3 N–H and O–H groups in total. The Morgan fingerprint density at radius 3 is 2.85 bits per heavy atom. The molecule has 6 nitrogen and oxygen atoms in total. The SMILES string of the molecule is CCc1ccc(Cn2c(Br)nc3c(=O)[nH]c(N)nc32)s1. The topological polar surface area (TPSA) is 89.6 Å². The largest absolute Gasteiger partial charge is 0.369 e. The van der Waals surface area contributed by atoms with Crippen LogP contribution < -0.4 is 11.3 Å². The summed E-state index contributed by atoms with van der Waals surface area (Å²) in [6.45, 7) is 2.73. The van der Waals surface area contributed by atoms with Crippen LogP contribution in [0.1, 0.15) is 16.7 Å². The molecule has 3 rings (SSSR count). The monoisotopic (exact) mass is 353 g/mol. The summed E-state index contributed by atoms with van der Waals surface area (Å²) in [5, 5.41) is 0. The summed E-state index contributed by atoms with van der Waals surface area (Å²) in [4.78, 5) is 25.1. The van der Waals surface area contributed by atoms with Crippen LogP contribution in [-0.2, 0) is 13.0 Å². The van der Waals surface area contributed by atoms with Gasteiger partial charge in [-0.15, -0.1) is 11.3 Å². The average Bonchev–Trinajstić information content (AvgIpc) is 2.97. The third kappa shape index (κ3) is 2.25. The van der Waals surface area contributed by atoms with Gasteiger partial charge in [-0.2, -0.15) is 4.98 Å². The summed E-state index contributed by atoms with van der Waals surface area (Å²) in [5.74, 6) is 0.0941. The van der Waals surface area contributed by atoms with Gasteiger partial charge >= 0.3 is 0 Å². The minimum absolute atomic E-state index is 0.0941. The number of aromatic amines is 1. The molecular weight excluding hydrogens is 342 g/mol. The smallest absolute Gasteiger partial charge is 0.280 e. The molecule has 8 heteroatoms. The Hall–Kier alpha value is -1.67. The number of anilines is 1. The molecule has 0 aliphatic heterocycles. The van der Waals surface area contributed by atoms with Crippen LogP contribution in [0.15, 0.2) is 21.7 Å². The molecule has 0 aliphatic rings. The number of nitrogens with one attached hydrogen (secondary N) is 1. The Kier molecular flexibility index (Phi) is 3.35. The number of nitrogens with two attached hydrogens (primary N) is 1. The van der Waals surface area contributed by atoms with Crippen molar-refractivity contribution in [2.24, 2.45) is 0 Å². The molecule has 0 aliphatic carbocycles. The van der Waals surface area contributed by atoms with Gasteiger partial charge in [-0.3, -0.25) is 14.3 Å². The summed E-state index contributed by atoms with van der Waals surface area (Å²) >= 11 is 5.11. The predicted octanol–water partition coefficient (Wildman–Crippen LogP) is 2.14. The normalized spacial score (nSPS) is 11.3. The van der Waals surface area contributed by atoms with Gasteiger partial charge in [0.05, 0.1) is 6.54 Å². The van der Waals surface area contributed by atoms with Crippen molar-refractivity contribution in [3.63, 3.8) is 0 Å². The van der Waals surface area contributed by atoms with Crippen LogP contribution in [0.5, 0.6) is 0 Å². The van der Waals surface area contributed by atoms with E-state index in [1.54, 1.807) is 11.3 Å². The number of hydrogen-bond donors (Lipinski definition) is 2. The first-order chi connectivity index (χ1) is 9.58. The number of aromatic nitrogens is 4. The van der Waals surface area contributed by atoms with Crippen LogP contribution in [-0.4, -0.2) is 19.5 Å². The average molecular weight is 354 g/mol. The van der Waals surface area contributed by atoms with E-state index in [0.29, 0.717) is 22.4 Å². The number of nitrogen functional groups attached to an aromatic ring is 1. The third-order valence-corrected chi connectivity index (χ3v) is 4.78. The first-order valence-corrected chi connectivity index (χ1v) is 7.68. The number of H-pyrrole nitrogens is 1. The van der Waals surface area contributed by atoms with E-state index in [9.17, 15) is 4.79 Å². The Labute approximate surface area is 126 Å². The summed E-state index contributed by atoms with van der Waals surface area (Å²) in [6.07, 6.45) is 1.02. The molecule has 0 radical (unpaired) electrons. The van der Waals surface area contributed by atoms with E-state index < -0.39 is 0 Å². The lowest BCUT2D eigenvalue weighted by Crippen LogP contribution is -2.12. The highest BCUT2D eigenvalue weighted by Crippen LogP contribution is 2.22. The quantitative estimate of drug-likeness (QED) is 0.705. The number of hydrogen-bond acceptors (Lipinski definition) is 5. The molecule has 3 aromatic rings. The number of aryl methyl sites for hydroxylation is 1. The fourth-order valence-electron chi connectivity index (χ4n) is 1.99. The van der Waals surface area contributed by atoms with Crippen LogP contribution >= 0.6 is 27.3 Å². The molecule has 3 heterocycles. The molecule has 104 valence electrons. The van der Waals surface area contributed by atoms with Crippen molar-refractivity contribution in [2.75, 3.05) is 5.73 Å². The van der Waals surface area contributed by atoms with Gasteiger partial charge in [-0.25, -0.2) is 4.98 Å². The highest BCUT2D eigenvalue weighted by atomic mass is 79.9. The second-order valence-corrected chi connectivity index (χ2v) is 6.27. The zero-order chi connectivity index (χ0) is 14.3. The maximum atomic E-state index is 11.8. The minimum atomic E-state index is -0.327. The molecule has 0 bridgehead atoms. The zero-order valence-electron chi connectivity index (χ0n) is 10.7. The first-order valence-electron chi connectivity index (χ1n) is 6.07. The van der Waals surface area contributed by atoms with Gasteiger partial charge in [0.2, 0.25) is 5.95 Å². The summed E-state index contributed by atoms with van der Waals surface area (Å²) in [6, 6.07) is 4.19. The Bertz CT molecular complexity index is 834. The Morgan fingerprint density at radius 2 is 2.15 bits per heavy atom. The van der Waals surface area contributed by atoms with Gasteiger partial charge in [0.1, 0.15) is 0 Å². The molecule has 0 aromatic carbocycles. The second-order valence-electron chi connectivity index (χ2n) is 4.31. The molecule has 0 saturated carbocycles. The van der Waals surface area contributed by atoms with Crippen molar-refractivity contribution < 1.29 is 0 Å². The molecule has 20 heavy (non-hydrogen) atoms. The van der Waals surface area contributed by atoms with Crippen molar-refractivity contribution in [1.82, 2.24) is 19.5 Å². The van der Waals surface area contributed by atoms with E-state index >= 15 is 0 Å². The number of fused-ring (bicyclic) bond motifs is 1. The maximum absolute atomic E-state index is 11.8. The summed E-state index contributed by atoms with van der Waals surface area (Å²) < 4.78 is 2.41. The predicted molar refractivity (Wildman–Crippen MR) is 83.1 cm³/mol. The summed E-state index contributed by atoms with van der Waals surface area (Å²) in [7, 11) is 0. The minimum Gasteiger partial charge on any atom is -0.369 e. The number of rotatable bonds is 3. The molecule has 0 amide bonds. The number of thiophene rings is 1. The molecule has 0 saturated heterocycles. The fraction of sp³-hybridized carbons (Fsp3) is 0.250. The van der Waals surface area contributed by atoms with Crippen molar-refractivity contribution in [2.45, 2.75) is 19.9 Å². The molecular formula is C12H12BrN5OS. The van der Waals surface area contributed by atoms with Crippen LogP contribution in [0, 0.1) is 0 Å². The van der Waals surface area contributed by atoms with E-state index in [0.717, 1.165) is 6.42 Å². The fourth-order valence-corrected chi connectivity index (χ4v) is 3.41. The van der Waals surface area contributed by atoms with Crippen LogP contribution in [0.25, 0.3) is 11.2 Å². The Morgan fingerprint density at radius 1 is 1.40 bits per heavy atom. The van der Waals surface area contributed by atoms with E-state index in [4.69, 9.17) is 5.73 Å². The maximum Gasteiger partial charge on any atom is 0.280 e. The van der Waals surface area contributed by atoms with Crippen LogP contribution in [0.2, 0.25) is 0 Å². The molecule has 0 spiro atoms. The number of halogens is 1. The van der Waals surface area contributed by atoms with Crippen LogP contribution in [0.3, 0.4) is 0 Å². The van der Waals surface area contributed by atoms with Crippen LogP contribution in [0.4, 0.5) is 5.95 Å². The lowest BCUT2D eigenvalue weighted by molar-refractivity contribution is 0.802. The van der Waals surface area contributed by atoms with Gasteiger partial charge in [0, 0.05) is 9.75 Å². The lowest BCUT2D eigenvalue weighted by Gasteiger charge is -2.03. The van der Waals surface area contributed by atoms with E-state index in [1.165, 1.54) is 9.75 Å². The van der Waals surface area contributed by atoms with Crippen molar-refractivity contribution in [1.29, 1.82) is 0 Å². The third-order valence-electron chi connectivity index (χ3n) is 2.96. The highest BCUT2D eigenvalue weighted by molar-refractivity contribution is 9.10. The van der Waals surface area contributed by atoms with E-state index in [-0.39, 0.29) is 11.5 Å². The molecule has 3 aromatic heterocycles. The van der Waals surface area contributed by atoms with E-state index in [1.807, 2.05) is 4.57 Å². The van der Waals surface area contributed by atoms with Gasteiger partial charge in [-0.1, -0.05) is 6.92 Å². The number of imidazole rings is 1.